The highest BCUT2D eigenvalue weighted by Gasteiger charge is 2.34. The Morgan fingerprint density at radius 2 is 2.04 bits per heavy atom. The molecule has 1 saturated heterocycles. The summed E-state index contributed by atoms with van der Waals surface area (Å²) in [6.45, 7) is 1.19. The Morgan fingerprint density at radius 3 is 2.75 bits per heavy atom. The van der Waals surface area contributed by atoms with E-state index in [1.807, 2.05) is 12.1 Å². The van der Waals surface area contributed by atoms with Gasteiger partial charge >= 0.3 is 0 Å². The van der Waals surface area contributed by atoms with E-state index in [2.05, 4.69) is 20.8 Å². The van der Waals surface area contributed by atoms with Crippen molar-refractivity contribution in [3.8, 4) is 0 Å². The molecule has 3 aromatic rings. The van der Waals surface area contributed by atoms with Crippen LogP contribution in [-0.2, 0) is 11.3 Å². The van der Waals surface area contributed by atoms with E-state index >= 15 is 0 Å². The summed E-state index contributed by atoms with van der Waals surface area (Å²) in [5.41, 5.74) is 1.83. The summed E-state index contributed by atoms with van der Waals surface area (Å²) in [4.78, 5) is 27.0. The Bertz CT molecular complexity index is 990. The van der Waals surface area contributed by atoms with Crippen molar-refractivity contribution in [1.29, 1.82) is 0 Å². The van der Waals surface area contributed by atoms with Gasteiger partial charge in [-0.3, -0.25) is 9.59 Å². The van der Waals surface area contributed by atoms with Crippen LogP contribution in [0.5, 0.6) is 0 Å². The number of carbonyl (C=O) groups is 2. The number of tetrazole rings is 1. The molecule has 28 heavy (non-hydrogen) atoms. The molecule has 0 aliphatic carbocycles. The van der Waals surface area contributed by atoms with Crippen molar-refractivity contribution in [2.24, 2.45) is 0 Å². The van der Waals surface area contributed by atoms with E-state index in [-0.39, 0.29) is 11.8 Å². The van der Waals surface area contributed by atoms with Gasteiger partial charge in [0.05, 0.1) is 6.54 Å². The molecule has 2 heterocycles. The number of nitrogens with one attached hydrogen (secondary N) is 1. The van der Waals surface area contributed by atoms with Gasteiger partial charge in [0.15, 0.2) is 0 Å². The van der Waals surface area contributed by atoms with Crippen LogP contribution in [0.1, 0.15) is 27.5 Å². The van der Waals surface area contributed by atoms with Crippen molar-refractivity contribution in [2.45, 2.75) is 12.6 Å². The highest BCUT2D eigenvalue weighted by molar-refractivity contribution is 5.98. The normalized spacial score (nSPS) is 16.7. The van der Waals surface area contributed by atoms with Gasteiger partial charge < -0.3 is 10.2 Å². The lowest BCUT2D eigenvalue weighted by atomic mass is 10.0. The minimum absolute atomic E-state index is 0.280. The van der Waals surface area contributed by atoms with Crippen LogP contribution in [0.15, 0.2) is 54.9 Å². The summed E-state index contributed by atoms with van der Waals surface area (Å²) in [5, 5.41) is 13.7. The molecule has 1 N–H and O–H groups in total. The van der Waals surface area contributed by atoms with E-state index in [9.17, 15) is 14.0 Å². The molecule has 0 saturated carbocycles. The zero-order valence-electron chi connectivity index (χ0n) is 14.8. The molecule has 0 radical (unpaired) electrons. The van der Waals surface area contributed by atoms with Crippen LogP contribution in [0.25, 0.3) is 0 Å². The number of carbonyl (C=O) groups excluding carboxylic acids is 2. The Labute approximate surface area is 160 Å². The number of hydrogen-bond donors (Lipinski definition) is 1. The van der Waals surface area contributed by atoms with Crippen LogP contribution in [0.3, 0.4) is 0 Å². The molecule has 2 amide bonds. The van der Waals surface area contributed by atoms with Crippen molar-refractivity contribution < 1.29 is 14.0 Å². The fraction of sp³-hybridized carbons (Fsp3) is 0.211. The lowest BCUT2D eigenvalue weighted by Gasteiger charge is -2.35. The first-order valence-electron chi connectivity index (χ1n) is 8.76. The summed E-state index contributed by atoms with van der Waals surface area (Å²) in [6.07, 6.45) is 1.51. The average Bonchev–Trinajstić information content (AvgIpc) is 3.21. The number of hydrogen-bond acceptors (Lipinski definition) is 5. The first kappa shape index (κ1) is 17.8. The van der Waals surface area contributed by atoms with E-state index in [4.69, 9.17) is 0 Å². The molecule has 1 atom stereocenters. The van der Waals surface area contributed by atoms with Gasteiger partial charge in [0, 0.05) is 18.7 Å². The standard InChI is InChI=1S/C19H17FN6O2/c20-16-3-1-2-15(10-16)17-18(27)21-8-9-26(17)19(28)14-6-4-13(5-7-14)11-25-12-22-23-24-25/h1-7,10,12,17H,8-9,11H2,(H,21,27). The molecule has 4 rings (SSSR count). The van der Waals surface area contributed by atoms with Gasteiger partial charge in [-0.25, -0.2) is 9.07 Å². The lowest BCUT2D eigenvalue weighted by molar-refractivity contribution is -0.128. The van der Waals surface area contributed by atoms with Crippen molar-refractivity contribution in [3.63, 3.8) is 0 Å². The second-order valence-electron chi connectivity index (χ2n) is 6.45. The monoisotopic (exact) mass is 380 g/mol. The molecular weight excluding hydrogens is 363 g/mol. The topological polar surface area (TPSA) is 93.0 Å². The molecule has 2 aromatic carbocycles. The Hall–Kier alpha value is -3.62. The molecule has 0 spiro atoms. The van der Waals surface area contributed by atoms with Crippen LogP contribution in [-0.4, -0.2) is 50.0 Å². The number of halogens is 1. The van der Waals surface area contributed by atoms with Crippen LogP contribution in [0.4, 0.5) is 4.39 Å². The van der Waals surface area contributed by atoms with E-state index < -0.39 is 11.9 Å². The van der Waals surface area contributed by atoms with Crippen LogP contribution in [0.2, 0.25) is 0 Å². The number of nitrogens with zero attached hydrogens (tertiary/aromatic N) is 5. The maximum atomic E-state index is 13.6. The number of rotatable bonds is 4. The number of benzene rings is 2. The van der Waals surface area contributed by atoms with Crippen LogP contribution in [0, 0.1) is 5.82 Å². The lowest BCUT2D eigenvalue weighted by Crippen LogP contribution is -2.52. The predicted octanol–water partition coefficient (Wildman–Crippen LogP) is 1.17. The molecular formula is C19H17FN6O2. The van der Waals surface area contributed by atoms with Crippen molar-refractivity contribution >= 4 is 11.8 Å². The maximum Gasteiger partial charge on any atom is 0.254 e. The Balaban J connectivity index is 1.57. The quantitative estimate of drug-likeness (QED) is 0.734. The Morgan fingerprint density at radius 1 is 1.21 bits per heavy atom. The molecule has 142 valence electrons. The third-order valence-electron chi connectivity index (χ3n) is 4.57. The molecule has 8 nitrogen and oxygen atoms in total. The van der Waals surface area contributed by atoms with Gasteiger partial charge in [-0.15, -0.1) is 5.10 Å². The van der Waals surface area contributed by atoms with E-state index in [1.165, 1.54) is 29.4 Å². The summed E-state index contributed by atoms with van der Waals surface area (Å²) >= 11 is 0. The minimum atomic E-state index is -0.863. The molecule has 1 unspecified atom stereocenters. The molecule has 0 bridgehead atoms. The molecule has 1 aliphatic heterocycles. The smallest absolute Gasteiger partial charge is 0.254 e. The number of amides is 2. The van der Waals surface area contributed by atoms with Crippen molar-refractivity contribution in [3.05, 3.63) is 77.4 Å². The molecule has 9 heteroatoms. The third-order valence-corrected chi connectivity index (χ3v) is 4.57. The van der Waals surface area contributed by atoms with Gasteiger partial charge in [0.2, 0.25) is 5.91 Å². The summed E-state index contributed by atoms with van der Waals surface area (Å²) in [6, 6.07) is 11.9. The highest BCUT2D eigenvalue weighted by atomic mass is 19.1. The largest absolute Gasteiger partial charge is 0.352 e. The second kappa shape index (κ2) is 7.55. The van der Waals surface area contributed by atoms with Crippen molar-refractivity contribution in [2.75, 3.05) is 13.1 Å². The summed E-state index contributed by atoms with van der Waals surface area (Å²) < 4.78 is 15.2. The van der Waals surface area contributed by atoms with Gasteiger partial charge in [-0.05, 0) is 45.8 Å². The SMILES string of the molecule is O=C1NCCN(C(=O)c2ccc(Cn3cnnn3)cc2)C1c1cccc(F)c1. The van der Waals surface area contributed by atoms with Crippen molar-refractivity contribution in [1.82, 2.24) is 30.4 Å². The van der Waals surface area contributed by atoms with Crippen LogP contribution < -0.4 is 5.32 Å². The van der Waals surface area contributed by atoms with E-state index in [0.29, 0.717) is 30.8 Å². The second-order valence-corrected chi connectivity index (χ2v) is 6.45. The summed E-state index contributed by atoms with van der Waals surface area (Å²) in [5.74, 6) is -1.05. The molecule has 1 aliphatic rings. The van der Waals surface area contributed by atoms with Gasteiger partial charge in [-0.1, -0.05) is 24.3 Å². The zero-order valence-corrected chi connectivity index (χ0v) is 14.8. The van der Waals surface area contributed by atoms with E-state index in [0.717, 1.165) is 5.56 Å². The van der Waals surface area contributed by atoms with Gasteiger partial charge in [-0.2, -0.15) is 0 Å². The van der Waals surface area contributed by atoms with Crippen LogP contribution >= 0.6 is 0 Å². The third kappa shape index (κ3) is 3.59. The van der Waals surface area contributed by atoms with E-state index in [1.54, 1.807) is 22.9 Å². The zero-order chi connectivity index (χ0) is 19.5. The molecule has 1 aromatic heterocycles. The fourth-order valence-corrected chi connectivity index (χ4v) is 3.25. The predicted molar refractivity (Wildman–Crippen MR) is 96.5 cm³/mol. The maximum absolute atomic E-state index is 13.6. The first-order chi connectivity index (χ1) is 13.6. The highest BCUT2D eigenvalue weighted by Crippen LogP contribution is 2.26. The summed E-state index contributed by atoms with van der Waals surface area (Å²) in [7, 11) is 0. The minimum Gasteiger partial charge on any atom is -0.352 e. The average molecular weight is 380 g/mol. The Kier molecular flexibility index (Phi) is 4.79. The number of aromatic nitrogens is 4. The fourth-order valence-electron chi connectivity index (χ4n) is 3.25. The molecule has 1 fully saturated rings. The van der Waals surface area contributed by atoms with Gasteiger partial charge in [0.1, 0.15) is 18.2 Å². The van der Waals surface area contributed by atoms with Gasteiger partial charge in [0.25, 0.3) is 5.91 Å². The number of piperazine rings is 1. The first-order valence-corrected chi connectivity index (χ1v) is 8.76.